The van der Waals surface area contributed by atoms with Crippen molar-refractivity contribution in [1.82, 2.24) is 0 Å². The summed E-state index contributed by atoms with van der Waals surface area (Å²) in [6.45, 7) is 1.53. The van der Waals surface area contributed by atoms with E-state index in [9.17, 15) is 4.79 Å². The van der Waals surface area contributed by atoms with Crippen molar-refractivity contribution in [3.05, 3.63) is 42.0 Å². The van der Waals surface area contributed by atoms with Crippen molar-refractivity contribution < 1.29 is 4.79 Å². The predicted octanol–water partition coefficient (Wildman–Crippen LogP) is 2.62. The Morgan fingerprint density at radius 1 is 1.14 bits per heavy atom. The first-order valence-electron chi connectivity index (χ1n) is 4.48. The van der Waals surface area contributed by atoms with Crippen LogP contribution >= 0.6 is 0 Å². The quantitative estimate of drug-likeness (QED) is 0.548. The largest absolute Gasteiger partial charge is 0.398 e. The molecular formula is C12H11NO. The highest BCUT2D eigenvalue weighted by Gasteiger charge is 2.06. The van der Waals surface area contributed by atoms with Gasteiger partial charge in [0.15, 0.2) is 5.78 Å². The van der Waals surface area contributed by atoms with Gasteiger partial charge in [0.2, 0.25) is 0 Å². The number of benzene rings is 2. The lowest BCUT2D eigenvalue weighted by atomic mass is 10.0. The van der Waals surface area contributed by atoms with Crippen molar-refractivity contribution >= 4 is 22.2 Å². The second kappa shape index (κ2) is 3.14. The molecule has 0 aliphatic carbocycles. The molecule has 2 rings (SSSR count). The number of anilines is 1. The molecule has 2 nitrogen and oxygen atoms in total. The van der Waals surface area contributed by atoms with Crippen molar-refractivity contribution in [2.45, 2.75) is 6.92 Å². The van der Waals surface area contributed by atoms with Gasteiger partial charge in [-0.3, -0.25) is 4.79 Å². The third-order valence-corrected chi connectivity index (χ3v) is 2.35. The van der Waals surface area contributed by atoms with Crippen LogP contribution in [0, 0.1) is 0 Å². The second-order valence-electron chi connectivity index (χ2n) is 3.30. The van der Waals surface area contributed by atoms with Crippen LogP contribution < -0.4 is 5.73 Å². The first kappa shape index (κ1) is 8.75. The highest BCUT2D eigenvalue weighted by molar-refractivity contribution is 6.07. The van der Waals surface area contributed by atoms with E-state index >= 15 is 0 Å². The van der Waals surface area contributed by atoms with Gasteiger partial charge in [0, 0.05) is 10.9 Å². The molecule has 0 aliphatic rings. The van der Waals surface area contributed by atoms with Gasteiger partial charge in [-0.05, 0) is 18.4 Å². The van der Waals surface area contributed by atoms with Gasteiger partial charge < -0.3 is 5.73 Å². The molecule has 0 heterocycles. The summed E-state index contributed by atoms with van der Waals surface area (Å²) in [5.41, 5.74) is 7.08. The van der Waals surface area contributed by atoms with Crippen molar-refractivity contribution in [2.75, 3.05) is 5.73 Å². The Balaban J connectivity index is 2.81. The zero-order chi connectivity index (χ0) is 10.1. The molecule has 0 atom stereocenters. The normalized spacial score (nSPS) is 10.4. The molecule has 0 saturated heterocycles. The van der Waals surface area contributed by atoms with Crippen molar-refractivity contribution in [2.24, 2.45) is 0 Å². The highest BCUT2D eigenvalue weighted by atomic mass is 16.1. The summed E-state index contributed by atoms with van der Waals surface area (Å²) in [6.07, 6.45) is 0. The average molecular weight is 185 g/mol. The minimum atomic E-state index is 0.00764. The summed E-state index contributed by atoms with van der Waals surface area (Å²) in [4.78, 5) is 11.2. The van der Waals surface area contributed by atoms with Gasteiger partial charge in [-0.15, -0.1) is 0 Å². The van der Waals surface area contributed by atoms with Gasteiger partial charge in [-0.1, -0.05) is 30.3 Å². The van der Waals surface area contributed by atoms with E-state index in [0.717, 1.165) is 10.8 Å². The molecule has 14 heavy (non-hydrogen) atoms. The van der Waals surface area contributed by atoms with E-state index in [0.29, 0.717) is 11.3 Å². The molecule has 0 radical (unpaired) electrons. The van der Waals surface area contributed by atoms with Gasteiger partial charge >= 0.3 is 0 Å². The van der Waals surface area contributed by atoms with Gasteiger partial charge in [-0.25, -0.2) is 0 Å². The van der Waals surface area contributed by atoms with E-state index < -0.39 is 0 Å². The molecular weight excluding hydrogens is 174 g/mol. The molecule has 70 valence electrons. The molecule has 2 N–H and O–H groups in total. The Morgan fingerprint density at radius 2 is 1.86 bits per heavy atom. The van der Waals surface area contributed by atoms with Crippen LogP contribution in [0.5, 0.6) is 0 Å². The molecule has 0 amide bonds. The molecule has 0 spiro atoms. The molecule has 2 aromatic rings. The van der Waals surface area contributed by atoms with Crippen molar-refractivity contribution in [3.63, 3.8) is 0 Å². The lowest BCUT2D eigenvalue weighted by Crippen LogP contribution is -1.99. The van der Waals surface area contributed by atoms with Gasteiger partial charge in [-0.2, -0.15) is 0 Å². The average Bonchev–Trinajstić information content (AvgIpc) is 2.18. The van der Waals surface area contributed by atoms with Crippen LogP contribution in [0.2, 0.25) is 0 Å². The summed E-state index contributed by atoms with van der Waals surface area (Å²) >= 11 is 0. The Morgan fingerprint density at radius 3 is 2.57 bits per heavy atom. The summed E-state index contributed by atoms with van der Waals surface area (Å²) in [5.74, 6) is 0.00764. The number of carbonyl (C=O) groups is 1. The highest BCUT2D eigenvalue weighted by Crippen LogP contribution is 2.24. The number of rotatable bonds is 1. The third-order valence-electron chi connectivity index (χ3n) is 2.35. The van der Waals surface area contributed by atoms with Crippen molar-refractivity contribution in [3.8, 4) is 0 Å². The first-order valence-corrected chi connectivity index (χ1v) is 4.48. The second-order valence-corrected chi connectivity index (χ2v) is 3.30. The van der Waals surface area contributed by atoms with Crippen LogP contribution in [0.25, 0.3) is 10.8 Å². The van der Waals surface area contributed by atoms with E-state index in [-0.39, 0.29) is 5.78 Å². The molecule has 0 fully saturated rings. The zero-order valence-corrected chi connectivity index (χ0v) is 7.95. The fourth-order valence-electron chi connectivity index (χ4n) is 1.60. The summed E-state index contributed by atoms with van der Waals surface area (Å²) in [7, 11) is 0. The maximum atomic E-state index is 11.2. The summed E-state index contributed by atoms with van der Waals surface area (Å²) in [5, 5.41) is 2.01. The summed E-state index contributed by atoms with van der Waals surface area (Å²) < 4.78 is 0. The number of carbonyl (C=O) groups excluding carboxylic acids is 1. The van der Waals surface area contributed by atoms with Crippen LogP contribution in [0.3, 0.4) is 0 Å². The number of ketones is 1. The lowest BCUT2D eigenvalue weighted by molar-refractivity contribution is 0.101. The van der Waals surface area contributed by atoms with E-state index in [1.54, 1.807) is 6.07 Å². The third kappa shape index (κ3) is 1.25. The SMILES string of the molecule is CC(=O)c1ccc2ccccc2c1N. The number of nitrogens with two attached hydrogens (primary N) is 1. The topological polar surface area (TPSA) is 43.1 Å². The fourth-order valence-corrected chi connectivity index (χ4v) is 1.60. The molecule has 0 unspecified atom stereocenters. The Hall–Kier alpha value is -1.83. The predicted molar refractivity (Wildman–Crippen MR) is 58.4 cm³/mol. The number of nitrogen functional groups attached to an aromatic ring is 1. The molecule has 0 aliphatic heterocycles. The molecule has 2 heteroatoms. The smallest absolute Gasteiger partial charge is 0.161 e. The number of hydrogen-bond acceptors (Lipinski definition) is 2. The number of Topliss-reactive ketones (excluding diaryl/α,β-unsaturated/α-hetero) is 1. The van der Waals surface area contributed by atoms with Crippen LogP contribution in [-0.4, -0.2) is 5.78 Å². The number of fused-ring (bicyclic) bond motifs is 1. The minimum absolute atomic E-state index is 0.00764. The zero-order valence-electron chi connectivity index (χ0n) is 7.95. The monoisotopic (exact) mass is 185 g/mol. The van der Waals surface area contributed by atoms with Gasteiger partial charge in [0.05, 0.1) is 5.69 Å². The maximum absolute atomic E-state index is 11.2. The lowest BCUT2D eigenvalue weighted by Gasteiger charge is -2.05. The molecule has 0 bridgehead atoms. The van der Waals surface area contributed by atoms with E-state index in [1.165, 1.54) is 6.92 Å². The Bertz CT molecular complexity index is 503. The maximum Gasteiger partial charge on any atom is 0.161 e. The van der Waals surface area contributed by atoms with Crippen LogP contribution in [0.4, 0.5) is 5.69 Å². The van der Waals surface area contributed by atoms with E-state index in [1.807, 2.05) is 30.3 Å². The van der Waals surface area contributed by atoms with Crippen LogP contribution in [-0.2, 0) is 0 Å². The Kier molecular flexibility index (Phi) is 1.97. The number of hydrogen-bond donors (Lipinski definition) is 1. The summed E-state index contributed by atoms with van der Waals surface area (Å²) in [6, 6.07) is 11.5. The first-order chi connectivity index (χ1) is 6.70. The van der Waals surface area contributed by atoms with Crippen LogP contribution in [0.1, 0.15) is 17.3 Å². The molecule has 0 saturated carbocycles. The Labute approximate surface area is 82.3 Å². The van der Waals surface area contributed by atoms with Crippen LogP contribution in [0.15, 0.2) is 36.4 Å². The van der Waals surface area contributed by atoms with Gasteiger partial charge in [0.1, 0.15) is 0 Å². The fraction of sp³-hybridized carbons (Fsp3) is 0.0833. The van der Waals surface area contributed by atoms with Gasteiger partial charge in [0.25, 0.3) is 0 Å². The molecule has 2 aromatic carbocycles. The standard InChI is InChI=1S/C12H11NO/c1-8(14)10-7-6-9-4-2-3-5-11(9)12(10)13/h2-7H,13H2,1H3. The minimum Gasteiger partial charge on any atom is -0.398 e. The van der Waals surface area contributed by atoms with E-state index in [2.05, 4.69) is 0 Å². The van der Waals surface area contributed by atoms with E-state index in [4.69, 9.17) is 5.73 Å². The molecule has 0 aromatic heterocycles. The van der Waals surface area contributed by atoms with Crippen molar-refractivity contribution in [1.29, 1.82) is 0 Å².